The first kappa shape index (κ1) is 12.6. The van der Waals surface area contributed by atoms with Crippen molar-refractivity contribution in [2.45, 2.75) is 13.8 Å². The van der Waals surface area contributed by atoms with E-state index in [9.17, 15) is 0 Å². The van der Waals surface area contributed by atoms with Crippen LogP contribution in [0.4, 0.5) is 0 Å². The van der Waals surface area contributed by atoms with Gasteiger partial charge in [0, 0.05) is 5.70 Å². The second-order valence-electron chi connectivity index (χ2n) is 1.93. The topological polar surface area (TPSA) is 52.0 Å². The predicted octanol–water partition coefficient (Wildman–Crippen LogP) is 1.56. The normalized spacial score (nSPS) is 10.7. The van der Waals surface area contributed by atoms with Crippen molar-refractivity contribution in [1.82, 2.24) is 0 Å². The van der Waals surface area contributed by atoms with E-state index in [2.05, 4.69) is 12.3 Å². The molecule has 0 saturated carbocycles. The molecule has 11 heavy (non-hydrogen) atoms. The molecule has 0 spiro atoms. The minimum atomic E-state index is 0.744. The summed E-state index contributed by atoms with van der Waals surface area (Å²) in [6, 6.07) is 0. The molecule has 0 saturated heterocycles. The van der Waals surface area contributed by atoms with Crippen molar-refractivity contribution in [3.8, 4) is 0 Å². The molecule has 64 valence electrons. The quantitative estimate of drug-likeness (QED) is 0.593. The van der Waals surface area contributed by atoms with Crippen molar-refractivity contribution in [3.63, 3.8) is 0 Å². The van der Waals surface area contributed by atoms with Crippen LogP contribution in [0.15, 0.2) is 36.1 Å². The Morgan fingerprint density at radius 1 is 1.36 bits per heavy atom. The lowest BCUT2D eigenvalue weighted by atomic mass is 10.2. The summed E-state index contributed by atoms with van der Waals surface area (Å²) in [4.78, 5) is 0. The van der Waals surface area contributed by atoms with Gasteiger partial charge in [-0.3, -0.25) is 0 Å². The van der Waals surface area contributed by atoms with E-state index >= 15 is 0 Å². The maximum absolute atomic E-state index is 5.51. The zero-order valence-electron chi connectivity index (χ0n) is 7.59. The Morgan fingerprint density at radius 2 is 1.82 bits per heavy atom. The van der Waals surface area contributed by atoms with Gasteiger partial charge in [0.05, 0.1) is 0 Å². The molecule has 0 aliphatic rings. The van der Waals surface area contributed by atoms with Gasteiger partial charge in [-0.25, -0.2) is 0 Å². The van der Waals surface area contributed by atoms with E-state index in [1.165, 1.54) is 7.05 Å². The summed E-state index contributed by atoms with van der Waals surface area (Å²) >= 11 is 0. The molecule has 0 amide bonds. The van der Waals surface area contributed by atoms with Gasteiger partial charge in [-0.05, 0) is 32.5 Å². The molecule has 0 aromatic rings. The van der Waals surface area contributed by atoms with Crippen LogP contribution in [-0.4, -0.2) is 7.05 Å². The van der Waals surface area contributed by atoms with Crippen LogP contribution in [0.2, 0.25) is 0 Å². The highest BCUT2D eigenvalue weighted by molar-refractivity contribution is 5.26. The molecule has 0 radical (unpaired) electrons. The van der Waals surface area contributed by atoms with E-state index in [1.807, 2.05) is 32.1 Å². The average Bonchev–Trinajstić information content (AvgIpc) is 2.03. The number of rotatable bonds is 2. The van der Waals surface area contributed by atoms with Gasteiger partial charge >= 0.3 is 0 Å². The van der Waals surface area contributed by atoms with E-state index in [0.717, 1.165) is 11.3 Å². The Balaban J connectivity index is 0. The van der Waals surface area contributed by atoms with Gasteiger partial charge in [0.1, 0.15) is 0 Å². The predicted molar refractivity (Wildman–Crippen MR) is 52.0 cm³/mol. The molecule has 0 fully saturated rings. The third kappa shape index (κ3) is 8.98. The molecule has 0 aliphatic heterocycles. The Labute approximate surface area is 69.3 Å². The molecule has 2 nitrogen and oxygen atoms in total. The van der Waals surface area contributed by atoms with Crippen molar-refractivity contribution in [2.75, 3.05) is 7.05 Å². The fraction of sp³-hybridized carbons (Fsp3) is 0.333. The van der Waals surface area contributed by atoms with Crippen molar-refractivity contribution < 1.29 is 0 Å². The maximum atomic E-state index is 5.51. The minimum absolute atomic E-state index is 0.744. The van der Waals surface area contributed by atoms with E-state index in [1.54, 1.807) is 0 Å². The first-order valence-electron chi connectivity index (χ1n) is 3.50. The van der Waals surface area contributed by atoms with Crippen molar-refractivity contribution in [3.05, 3.63) is 36.1 Å². The Bertz CT molecular complexity index is 155. The highest BCUT2D eigenvalue weighted by Crippen LogP contribution is 1.97. The monoisotopic (exact) mass is 154 g/mol. The SMILES string of the molecule is C=C(C)/C(N)=C\C=C/C.CN. The average molecular weight is 154 g/mol. The molecular formula is C9H18N2. The Kier molecular flexibility index (Phi) is 10.3. The van der Waals surface area contributed by atoms with Crippen LogP contribution in [0.25, 0.3) is 0 Å². The molecule has 2 heteroatoms. The number of nitrogens with two attached hydrogens (primary N) is 2. The zero-order valence-corrected chi connectivity index (χ0v) is 7.59. The Morgan fingerprint density at radius 3 is 2.09 bits per heavy atom. The zero-order chi connectivity index (χ0) is 9.28. The first-order valence-corrected chi connectivity index (χ1v) is 3.50. The van der Waals surface area contributed by atoms with Gasteiger partial charge < -0.3 is 11.5 Å². The van der Waals surface area contributed by atoms with Crippen molar-refractivity contribution in [2.24, 2.45) is 11.5 Å². The highest BCUT2D eigenvalue weighted by Gasteiger charge is 1.83. The molecule has 0 bridgehead atoms. The van der Waals surface area contributed by atoms with E-state index in [-0.39, 0.29) is 0 Å². The number of hydrogen-bond donors (Lipinski definition) is 2. The van der Waals surface area contributed by atoms with E-state index in [4.69, 9.17) is 5.73 Å². The third-order valence-corrected chi connectivity index (χ3v) is 0.961. The first-order chi connectivity index (χ1) is 5.18. The summed E-state index contributed by atoms with van der Waals surface area (Å²) in [5, 5.41) is 0. The molecule has 0 aromatic carbocycles. The van der Waals surface area contributed by atoms with Crippen molar-refractivity contribution in [1.29, 1.82) is 0 Å². The van der Waals surface area contributed by atoms with Gasteiger partial charge in [0.2, 0.25) is 0 Å². The van der Waals surface area contributed by atoms with Gasteiger partial charge in [-0.15, -0.1) is 0 Å². The van der Waals surface area contributed by atoms with Gasteiger partial charge in [0.15, 0.2) is 0 Å². The van der Waals surface area contributed by atoms with E-state index < -0.39 is 0 Å². The summed E-state index contributed by atoms with van der Waals surface area (Å²) in [6.07, 6.45) is 5.65. The summed E-state index contributed by atoms with van der Waals surface area (Å²) < 4.78 is 0. The van der Waals surface area contributed by atoms with E-state index in [0.29, 0.717) is 0 Å². The third-order valence-electron chi connectivity index (χ3n) is 0.961. The lowest BCUT2D eigenvalue weighted by Gasteiger charge is -1.93. The number of hydrogen-bond acceptors (Lipinski definition) is 2. The minimum Gasteiger partial charge on any atom is -0.399 e. The van der Waals surface area contributed by atoms with Crippen LogP contribution in [-0.2, 0) is 0 Å². The van der Waals surface area contributed by atoms with Gasteiger partial charge in [-0.1, -0.05) is 18.7 Å². The summed E-state index contributed by atoms with van der Waals surface area (Å²) in [5.41, 5.74) is 11.7. The number of allylic oxidation sites excluding steroid dienone is 4. The van der Waals surface area contributed by atoms with Crippen LogP contribution < -0.4 is 11.5 Å². The maximum Gasteiger partial charge on any atom is 0.0337 e. The summed E-state index contributed by atoms with van der Waals surface area (Å²) in [7, 11) is 1.50. The summed E-state index contributed by atoms with van der Waals surface area (Å²) in [6.45, 7) is 7.51. The van der Waals surface area contributed by atoms with Crippen LogP contribution in [0.3, 0.4) is 0 Å². The van der Waals surface area contributed by atoms with Gasteiger partial charge in [-0.2, -0.15) is 0 Å². The van der Waals surface area contributed by atoms with Crippen molar-refractivity contribution >= 4 is 0 Å². The molecule has 0 aromatic heterocycles. The van der Waals surface area contributed by atoms with Crippen LogP contribution in [0, 0.1) is 0 Å². The summed E-state index contributed by atoms with van der Waals surface area (Å²) in [5.74, 6) is 0. The fourth-order valence-corrected chi connectivity index (χ4v) is 0.342. The van der Waals surface area contributed by atoms with Crippen LogP contribution >= 0.6 is 0 Å². The smallest absolute Gasteiger partial charge is 0.0337 e. The molecule has 0 atom stereocenters. The van der Waals surface area contributed by atoms with Gasteiger partial charge in [0.25, 0.3) is 0 Å². The molecule has 0 unspecified atom stereocenters. The molecule has 0 heterocycles. The Hall–Kier alpha value is -1.02. The lowest BCUT2D eigenvalue weighted by Crippen LogP contribution is -1.95. The van der Waals surface area contributed by atoms with Crippen LogP contribution in [0.1, 0.15) is 13.8 Å². The molecule has 4 N–H and O–H groups in total. The molecular weight excluding hydrogens is 136 g/mol. The van der Waals surface area contributed by atoms with Crippen LogP contribution in [0.5, 0.6) is 0 Å². The standard InChI is InChI=1S/C8H13N.CH5N/c1-4-5-6-8(9)7(2)3;1-2/h4-6H,2,9H2,1,3H3;2H2,1H3/b5-4-,8-6+;. The fourth-order valence-electron chi connectivity index (χ4n) is 0.342. The molecule has 0 aliphatic carbocycles. The lowest BCUT2D eigenvalue weighted by molar-refractivity contribution is 1.30. The second-order valence-corrected chi connectivity index (χ2v) is 1.93. The highest BCUT2D eigenvalue weighted by atomic mass is 14.6. The largest absolute Gasteiger partial charge is 0.399 e. The second kappa shape index (κ2) is 8.98. The molecule has 0 rings (SSSR count).